The Bertz CT molecular complexity index is 1410. The number of rotatable bonds is 16. The van der Waals surface area contributed by atoms with E-state index >= 15 is 0 Å². The fraction of sp³-hybridized carbons (Fsp3) is 0.576. The van der Waals surface area contributed by atoms with Gasteiger partial charge in [0.15, 0.2) is 36.8 Å². The Morgan fingerprint density at radius 1 is 0.667 bits per heavy atom. The average molecular weight is 726 g/mol. The van der Waals surface area contributed by atoms with Crippen molar-refractivity contribution in [1.82, 2.24) is 5.32 Å². The monoisotopic (exact) mass is 725 g/mol. The van der Waals surface area contributed by atoms with Crippen molar-refractivity contribution < 1.29 is 81.0 Å². The summed E-state index contributed by atoms with van der Waals surface area (Å²) < 4.78 is 49.1. The molecule has 1 aliphatic rings. The molecule has 0 unspecified atom stereocenters. The number of nitrogens with one attached hydrogen (secondary N) is 1. The predicted octanol–water partition coefficient (Wildman–Crippen LogP) is 0.586. The molecule has 2 rings (SSSR count). The highest BCUT2D eigenvalue weighted by Gasteiger charge is 2.52. The van der Waals surface area contributed by atoms with Crippen LogP contribution >= 0.6 is 0 Å². The van der Waals surface area contributed by atoms with E-state index in [9.17, 15) is 38.4 Å². The molecule has 1 aromatic rings. The molecule has 1 aliphatic heterocycles. The number of benzene rings is 1. The molecule has 1 amide bonds. The summed E-state index contributed by atoms with van der Waals surface area (Å²) in [6.45, 7) is 7.69. The van der Waals surface area contributed by atoms with Crippen LogP contribution in [0.25, 0.3) is 0 Å². The fourth-order valence-electron chi connectivity index (χ4n) is 5.07. The molecule has 1 saturated heterocycles. The smallest absolute Gasteiger partial charge is 0.303 e. The second kappa shape index (κ2) is 19.9. The van der Waals surface area contributed by atoms with Crippen LogP contribution in [-0.2, 0) is 87.6 Å². The molecule has 0 aliphatic carbocycles. The summed E-state index contributed by atoms with van der Waals surface area (Å²) in [5.41, 5.74) is 0.686. The Kier molecular flexibility index (Phi) is 16.4. The van der Waals surface area contributed by atoms with Gasteiger partial charge in [0, 0.05) is 48.5 Å². The molecule has 51 heavy (non-hydrogen) atoms. The molecule has 0 bridgehead atoms. The molecule has 0 spiro atoms. The minimum absolute atomic E-state index is 0.0756. The van der Waals surface area contributed by atoms with Crippen LogP contribution < -0.4 is 5.32 Å². The molecular weight excluding hydrogens is 682 g/mol. The Hall–Kier alpha value is -5.10. The molecule has 18 nitrogen and oxygen atoms in total. The second-order valence-corrected chi connectivity index (χ2v) is 11.3. The number of carbonyl (C=O) groups is 8. The lowest BCUT2D eigenvalue weighted by Crippen LogP contribution is -2.67. The van der Waals surface area contributed by atoms with Crippen LogP contribution in [-0.4, -0.2) is 109 Å². The van der Waals surface area contributed by atoms with Gasteiger partial charge < -0.3 is 47.9 Å². The van der Waals surface area contributed by atoms with E-state index < -0.39 is 109 Å². The molecule has 18 heteroatoms. The highest BCUT2D eigenvalue weighted by Crippen LogP contribution is 2.29. The number of ether oxygens (including phenoxy) is 9. The lowest BCUT2D eigenvalue weighted by atomic mass is 9.95. The molecule has 0 aromatic heterocycles. The Morgan fingerprint density at radius 3 is 1.71 bits per heavy atom. The van der Waals surface area contributed by atoms with E-state index in [1.807, 2.05) is 0 Å². The largest absolute Gasteiger partial charge is 0.462 e. The summed E-state index contributed by atoms with van der Waals surface area (Å²) in [6, 6.07) is 7.28. The molecule has 282 valence electrons. The summed E-state index contributed by atoms with van der Waals surface area (Å²) in [5.74, 6) is -7.83. The number of carbonyl (C=O) groups excluding carboxylic acids is 8. The Morgan fingerprint density at radius 2 is 1.20 bits per heavy atom. The van der Waals surface area contributed by atoms with Gasteiger partial charge in [-0.1, -0.05) is 30.3 Å². The Balaban J connectivity index is 2.70. The SMILES string of the molecule is CC(=O)OC[C@@H](OC(C)=O)[C@@H](OC(C)=O)[C@H](OC(C)=O)[C@@H](OC(C)=O)C(=O)N[C@H]1[C@@H](OCc2ccccc2)O[C@H](C)[C@@H](OC(C)=O)[C@@H]1OC(C)=O. The number of hydrogen-bond donors (Lipinski definition) is 1. The van der Waals surface area contributed by atoms with Crippen molar-refractivity contribution in [2.45, 2.75) is 117 Å². The first-order valence-corrected chi connectivity index (χ1v) is 15.7. The van der Waals surface area contributed by atoms with Crippen molar-refractivity contribution in [1.29, 1.82) is 0 Å². The second-order valence-electron chi connectivity index (χ2n) is 11.3. The molecule has 0 saturated carbocycles. The van der Waals surface area contributed by atoms with Crippen LogP contribution in [0.4, 0.5) is 0 Å². The van der Waals surface area contributed by atoms with E-state index in [2.05, 4.69) is 5.32 Å². The predicted molar refractivity (Wildman–Crippen MR) is 167 cm³/mol. The van der Waals surface area contributed by atoms with Crippen molar-refractivity contribution >= 4 is 47.7 Å². The molecule has 0 radical (unpaired) electrons. The van der Waals surface area contributed by atoms with Crippen molar-refractivity contribution in [3.63, 3.8) is 0 Å². The summed E-state index contributed by atoms with van der Waals surface area (Å²) in [7, 11) is 0. The quantitative estimate of drug-likeness (QED) is 0.181. The minimum Gasteiger partial charge on any atom is -0.462 e. The molecule has 1 N–H and O–H groups in total. The van der Waals surface area contributed by atoms with Crippen molar-refractivity contribution in [3.8, 4) is 0 Å². The first-order chi connectivity index (χ1) is 23.9. The summed E-state index contributed by atoms with van der Waals surface area (Å²) in [6.07, 6.45) is -13.0. The van der Waals surface area contributed by atoms with Crippen LogP contribution in [0.5, 0.6) is 0 Å². The zero-order valence-corrected chi connectivity index (χ0v) is 29.4. The van der Waals surface area contributed by atoms with E-state index in [4.69, 9.17) is 42.6 Å². The Labute approximate surface area is 293 Å². The van der Waals surface area contributed by atoms with Crippen molar-refractivity contribution in [3.05, 3.63) is 35.9 Å². The molecule has 1 aromatic carbocycles. The van der Waals surface area contributed by atoms with Gasteiger partial charge in [-0.25, -0.2) is 0 Å². The van der Waals surface area contributed by atoms with Gasteiger partial charge in [0.2, 0.25) is 6.10 Å². The van der Waals surface area contributed by atoms with Crippen LogP contribution in [0.15, 0.2) is 30.3 Å². The maximum absolute atomic E-state index is 14.3. The van der Waals surface area contributed by atoms with Crippen LogP contribution in [0.2, 0.25) is 0 Å². The van der Waals surface area contributed by atoms with Crippen LogP contribution in [0.1, 0.15) is 61.0 Å². The van der Waals surface area contributed by atoms with Gasteiger partial charge in [-0.15, -0.1) is 0 Å². The normalized spacial score (nSPS) is 22.0. The van der Waals surface area contributed by atoms with Crippen molar-refractivity contribution in [2.24, 2.45) is 0 Å². The van der Waals surface area contributed by atoms with E-state index in [0.717, 1.165) is 48.5 Å². The fourth-order valence-corrected chi connectivity index (χ4v) is 5.07. The molecule has 1 heterocycles. The van der Waals surface area contributed by atoms with Gasteiger partial charge in [-0.05, 0) is 12.5 Å². The third-order valence-electron chi connectivity index (χ3n) is 6.86. The maximum atomic E-state index is 14.3. The van der Waals surface area contributed by atoms with Gasteiger partial charge in [0.1, 0.15) is 12.6 Å². The molecular formula is C33H43NO17. The van der Waals surface area contributed by atoms with Gasteiger partial charge in [0.05, 0.1) is 12.7 Å². The zero-order chi connectivity index (χ0) is 38.4. The number of amides is 1. The highest BCUT2D eigenvalue weighted by molar-refractivity contribution is 5.85. The summed E-state index contributed by atoms with van der Waals surface area (Å²) >= 11 is 0. The topological polar surface area (TPSA) is 232 Å². The van der Waals surface area contributed by atoms with Crippen LogP contribution in [0.3, 0.4) is 0 Å². The standard InChI is InChI=1S/C33H43NO17/c1-16-27(47-19(4)37)29(49-21(6)39)26(33(45-16)44-14-24-12-10-9-11-13-24)34-32(42)31(51-23(8)41)30(50-22(7)40)28(48-20(5)38)25(46-18(3)36)15-43-17(2)35/h9-13,16,25-31,33H,14-15H2,1-8H3,(H,34,42)/t16-,25-,26-,27-,28-,29-,30+,31-,33+/m1/s1. The van der Waals surface area contributed by atoms with Gasteiger partial charge in [-0.3, -0.25) is 38.4 Å². The first kappa shape index (κ1) is 42.1. The van der Waals surface area contributed by atoms with Crippen LogP contribution in [0, 0.1) is 0 Å². The van der Waals surface area contributed by atoms with Crippen molar-refractivity contribution in [2.75, 3.05) is 6.61 Å². The van der Waals surface area contributed by atoms with Gasteiger partial charge in [0.25, 0.3) is 5.91 Å². The summed E-state index contributed by atoms with van der Waals surface area (Å²) in [4.78, 5) is 99.5. The van der Waals surface area contributed by atoms with Gasteiger partial charge >= 0.3 is 41.8 Å². The van der Waals surface area contributed by atoms with E-state index in [-0.39, 0.29) is 6.61 Å². The highest BCUT2D eigenvalue weighted by atomic mass is 16.7. The lowest BCUT2D eigenvalue weighted by Gasteiger charge is -2.44. The first-order valence-electron chi connectivity index (χ1n) is 15.7. The maximum Gasteiger partial charge on any atom is 0.303 e. The average Bonchev–Trinajstić information content (AvgIpc) is 3.01. The number of esters is 7. The third-order valence-corrected chi connectivity index (χ3v) is 6.86. The lowest BCUT2D eigenvalue weighted by molar-refractivity contribution is -0.271. The summed E-state index contributed by atoms with van der Waals surface area (Å²) in [5, 5.41) is 2.52. The van der Waals surface area contributed by atoms with Gasteiger partial charge in [-0.2, -0.15) is 0 Å². The minimum atomic E-state index is -2.19. The van der Waals surface area contributed by atoms with E-state index in [1.165, 1.54) is 6.92 Å². The van der Waals surface area contributed by atoms with E-state index in [0.29, 0.717) is 5.56 Å². The van der Waals surface area contributed by atoms with E-state index in [1.54, 1.807) is 30.3 Å². The number of hydrogen-bond acceptors (Lipinski definition) is 17. The third kappa shape index (κ3) is 14.0. The zero-order valence-electron chi connectivity index (χ0n) is 29.4. The molecule has 1 fully saturated rings. The molecule has 9 atom stereocenters.